The Kier molecular flexibility index (Phi) is 8.38. The highest BCUT2D eigenvalue weighted by molar-refractivity contribution is 5.71. The molecule has 9 nitrogen and oxygen atoms in total. The molecule has 0 aromatic heterocycles. The van der Waals surface area contributed by atoms with Gasteiger partial charge in [0.05, 0.1) is 39.5 Å². The first-order valence-electron chi connectivity index (χ1n) is 12.3. The van der Waals surface area contributed by atoms with Crippen LogP contribution in [0.2, 0.25) is 0 Å². The fourth-order valence-electron chi connectivity index (χ4n) is 4.83. The molecule has 2 atom stereocenters. The van der Waals surface area contributed by atoms with E-state index in [2.05, 4.69) is 0 Å². The van der Waals surface area contributed by atoms with Crippen molar-refractivity contribution in [1.29, 1.82) is 0 Å². The van der Waals surface area contributed by atoms with Gasteiger partial charge in [-0.2, -0.15) is 0 Å². The molecular weight excluding hydrogens is 490 g/mol. The van der Waals surface area contributed by atoms with E-state index in [4.69, 9.17) is 18.9 Å². The molecule has 3 aromatic carbocycles. The van der Waals surface area contributed by atoms with Gasteiger partial charge in [-0.05, 0) is 59.5 Å². The zero-order valence-electron chi connectivity index (χ0n) is 21.5. The van der Waals surface area contributed by atoms with Crippen LogP contribution in [0.1, 0.15) is 47.7 Å². The second-order valence-corrected chi connectivity index (χ2v) is 8.87. The highest BCUT2D eigenvalue weighted by Crippen LogP contribution is 2.51. The summed E-state index contributed by atoms with van der Waals surface area (Å²) in [4.78, 5) is 25.3. The third-order valence-corrected chi connectivity index (χ3v) is 6.40. The lowest BCUT2D eigenvalue weighted by atomic mass is 9.94. The SMILES string of the molecule is CCCOc1ccc2c(c1)[C@@H](c1ccc(OC)cc1)N(CC(=O)O)[C@@H]2c1ccc(OC)cc1OCC(=O)O. The first-order chi connectivity index (χ1) is 18.4. The molecule has 0 bridgehead atoms. The molecule has 1 aliphatic heterocycles. The normalized spacial score (nSPS) is 16.5. The van der Waals surface area contributed by atoms with Gasteiger partial charge in [0.15, 0.2) is 6.61 Å². The molecule has 0 saturated carbocycles. The van der Waals surface area contributed by atoms with E-state index in [9.17, 15) is 19.8 Å². The Morgan fingerprint density at radius 1 is 0.763 bits per heavy atom. The number of aliphatic carboxylic acids is 2. The lowest BCUT2D eigenvalue weighted by Crippen LogP contribution is -2.33. The topological polar surface area (TPSA) is 115 Å². The second-order valence-electron chi connectivity index (χ2n) is 8.87. The maximum Gasteiger partial charge on any atom is 0.341 e. The third-order valence-electron chi connectivity index (χ3n) is 6.40. The van der Waals surface area contributed by atoms with Crippen LogP contribution in [0.15, 0.2) is 60.7 Å². The van der Waals surface area contributed by atoms with Crippen LogP contribution in [0.5, 0.6) is 23.0 Å². The van der Waals surface area contributed by atoms with Gasteiger partial charge in [0.25, 0.3) is 0 Å². The van der Waals surface area contributed by atoms with E-state index in [-0.39, 0.29) is 6.54 Å². The minimum absolute atomic E-state index is 0.272. The summed E-state index contributed by atoms with van der Waals surface area (Å²) in [5, 5.41) is 19.2. The fraction of sp³-hybridized carbons (Fsp3) is 0.310. The number of methoxy groups -OCH3 is 2. The Bertz CT molecular complexity index is 1290. The van der Waals surface area contributed by atoms with Gasteiger partial charge in [-0.25, -0.2) is 4.79 Å². The molecule has 4 rings (SSSR count). The third kappa shape index (κ3) is 5.68. The molecule has 0 spiro atoms. The van der Waals surface area contributed by atoms with E-state index in [0.717, 1.165) is 23.1 Å². The number of hydrogen-bond acceptors (Lipinski definition) is 7. The lowest BCUT2D eigenvalue weighted by molar-refractivity contribution is -0.139. The Morgan fingerprint density at radius 3 is 2.05 bits per heavy atom. The van der Waals surface area contributed by atoms with Crippen molar-refractivity contribution in [2.24, 2.45) is 0 Å². The summed E-state index contributed by atoms with van der Waals surface area (Å²) >= 11 is 0. The molecule has 3 aromatic rings. The van der Waals surface area contributed by atoms with Crippen molar-refractivity contribution in [2.45, 2.75) is 25.4 Å². The zero-order chi connectivity index (χ0) is 27.2. The Labute approximate surface area is 221 Å². The summed E-state index contributed by atoms with van der Waals surface area (Å²) in [6.45, 7) is 1.76. The van der Waals surface area contributed by atoms with Crippen LogP contribution in [0.3, 0.4) is 0 Å². The zero-order valence-corrected chi connectivity index (χ0v) is 21.5. The number of benzene rings is 3. The average Bonchev–Trinajstić information content (AvgIpc) is 3.22. The molecule has 2 N–H and O–H groups in total. The van der Waals surface area contributed by atoms with Crippen molar-refractivity contribution < 1.29 is 38.7 Å². The predicted octanol–water partition coefficient (Wildman–Crippen LogP) is 4.54. The molecule has 0 fully saturated rings. The Balaban J connectivity index is 1.91. The van der Waals surface area contributed by atoms with Crippen LogP contribution >= 0.6 is 0 Å². The van der Waals surface area contributed by atoms with E-state index in [1.807, 2.05) is 54.3 Å². The van der Waals surface area contributed by atoms with Crippen LogP contribution in [-0.4, -0.2) is 61.0 Å². The summed E-state index contributed by atoms with van der Waals surface area (Å²) < 4.78 is 22.3. The maximum atomic E-state index is 12.2. The van der Waals surface area contributed by atoms with E-state index in [0.29, 0.717) is 35.2 Å². The molecule has 0 saturated heterocycles. The molecule has 0 amide bonds. The lowest BCUT2D eigenvalue weighted by Gasteiger charge is -2.31. The van der Waals surface area contributed by atoms with E-state index in [1.165, 1.54) is 7.11 Å². The quantitative estimate of drug-likeness (QED) is 0.355. The average molecular weight is 522 g/mol. The smallest absolute Gasteiger partial charge is 0.341 e. The van der Waals surface area contributed by atoms with E-state index in [1.54, 1.807) is 25.3 Å². The molecule has 0 unspecified atom stereocenters. The molecule has 9 heteroatoms. The Morgan fingerprint density at radius 2 is 1.42 bits per heavy atom. The number of hydrogen-bond donors (Lipinski definition) is 2. The van der Waals surface area contributed by atoms with Crippen molar-refractivity contribution >= 4 is 11.9 Å². The first kappa shape index (κ1) is 26.8. The van der Waals surface area contributed by atoms with Crippen LogP contribution in [0.4, 0.5) is 0 Å². The van der Waals surface area contributed by atoms with Crippen LogP contribution in [0.25, 0.3) is 0 Å². The number of ether oxygens (including phenoxy) is 4. The predicted molar refractivity (Wildman–Crippen MR) is 139 cm³/mol. The summed E-state index contributed by atoms with van der Waals surface area (Å²) in [6, 6.07) is 17.5. The van der Waals surface area contributed by atoms with Gasteiger partial charge in [0.2, 0.25) is 0 Å². The summed E-state index contributed by atoms with van der Waals surface area (Å²) in [6.07, 6.45) is 0.850. The molecular formula is C29H31NO8. The van der Waals surface area contributed by atoms with Gasteiger partial charge in [-0.15, -0.1) is 0 Å². The van der Waals surface area contributed by atoms with Gasteiger partial charge < -0.3 is 29.2 Å². The molecule has 0 aliphatic carbocycles. The van der Waals surface area contributed by atoms with Crippen molar-refractivity contribution in [1.82, 2.24) is 4.90 Å². The molecule has 0 radical (unpaired) electrons. The van der Waals surface area contributed by atoms with Crippen molar-refractivity contribution in [3.8, 4) is 23.0 Å². The monoisotopic (exact) mass is 521 g/mol. The van der Waals surface area contributed by atoms with E-state index >= 15 is 0 Å². The number of nitrogens with zero attached hydrogens (tertiary/aromatic N) is 1. The number of carboxylic acids is 2. The second kappa shape index (κ2) is 11.9. The van der Waals surface area contributed by atoms with E-state index < -0.39 is 30.6 Å². The van der Waals surface area contributed by atoms with Gasteiger partial charge in [0.1, 0.15) is 23.0 Å². The summed E-state index contributed by atoms with van der Waals surface area (Å²) in [5.74, 6) is 0.0593. The number of carboxylic acid groups (broad SMARTS) is 2. The van der Waals surface area contributed by atoms with Crippen molar-refractivity contribution in [2.75, 3.05) is 34.0 Å². The largest absolute Gasteiger partial charge is 0.497 e. The maximum absolute atomic E-state index is 12.2. The van der Waals surface area contributed by atoms with Gasteiger partial charge in [0, 0.05) is 11.6 Å². The first-order valence-corrected chi connectivity index (χ1v) is 12.3. The molecule has 200 valence electrons. The minimum Gasteiger partial charge on any atom is -0.497 e. The number of fused-ring (bicyclic) bond motifs is 1. The molecule has 1 heterocycles. The molecule has 38 heavy (non-hydrogen) atoms. The van der Waals surface area contributed by atoms with Crippen LogP contribution < -0.4 is 18.9 Å². The standard InChI is InChI=1S/C29H31NO8/c1-4-13-37-21-10-11-22-24(14-21)28(18-5-7-19(35-2)8-6-18)30(16-26(31)32)29(22)23-12-9-20(36-3)15-25(23)38-17-27(33)34/h5-12,14-15,28-29H,4,13,16-17H2,1-3H3,(H,31,32)(H,33,34)/t28-,29+/m1/s1. The highest BCUT2D eigenvalue weighted by atomic mass is 16.5. The van der Waals surface area contributed by atoms with Crippen LogP contribution in [-0.2, 0) is 9.59 Å². The van der Waals surface area contributed by atoms with Gasteiger partial charge in [-0.1, -0.05) is 25.1 Å². The van der Waals surface area contributed by atoms with Crippen molar-refractivity contribution in [3.05, 3.63) is 82.9 Å². The highest BCUT2D eigenvalue weighted by Gasteiger charge is 2.42. The Hall–Kier alpha value is -4.24. The molecule has 1 aliphatic rings. The number of rotatable bonds is 12. The number of carbonyl (C=O) groups is 2. The van der Waals surface area contributed by atoms with Gasteiger partial charge >= 0.3 is 11.9 Å². The minimum atomic E-state index is -1.12. The van der Waals surface area contributed by atoms with Crippen LogP contribution in [0, 0.1) is 0 Å². The summed E-state index contributed by atoms with van der Waals surface area (Å²) in [7, 11) is 3.10. The van der Waals surface area contributed by atoms with Crippen molar-refractivity contribution in [3.63, 3.8) is 0 Å². The summed E-state index contributed by atoms with van der Waals surface area (Å²) in [5.41, 5.74) is 3.29. The van der Waals surface area contributed by atoms with Gasteiger partial charge in [-0.3, -0.25) is 9.69 Å². The fourth-order valence-corrected chi connectivity index (χ4v) is 4.83.